The fourth-order valence-corrected chi connectivity index (χ4v) is 0.949. The molecule has 0 aliphatic carbocycles. The number of alkyl halides is 4. The van der Waals surface area contributed by atoms with E-state index in [0.717, 1.165) is 0 Å². The van der Waals surface area contributed by atoms with Gasteiger partial charge in [-0.3, -0.25) is 0 Å². The topological polar surface area (TPSA) is 50.9 Å². The smallest absolute Gasteiger partial charge is 0.324 e. The van der Waals surface area contributed by atoms with Crippen LogP contribution in [0.5, 0.6) is 0 Å². The number of nitrogens with one attached hydrogen (secondary N) is 1. The first-order valence-electron chi connectivity index (χ1n) is 4.45. The summed E-state index contributed by atoms with van der Waals surface area (Å²) < 4.78 is 48.8. The van der Waals surface area contributed by atoms with Crippen LogP contribution in [0.1, 0.15) is 5.56 Å². The summed E-state index contributed by atoms with van der Waals surface area (Å²) in [6.45, 7) is 0.495. The van der Waals surface area contributed by atoms with E-state index in [9.17, 15) is 17.6 Å². The monoisotopic (exact) mass is 237 g/mol. The predicted molar refractivity (Wildman–Crippen MR) is 52.8 cm³/mol. The Balaban J connectivity index is 2.65. The first kappa shape index (κ1) is 12.5. The molecule has 1 rings (SSSR count). The molecule has 3 N–H and O–H groups in total. The van der Waals surface area contributed by atoms with Crippen LogP contribution in [0.3, 0.4) is 0 Å². The Kier molecular flexibility index (Phi) is 3.56. The van der Waals surface area contributed by atoms with Crippen molar-refractivity contribution in [2.75, 3.05) is 17.6 Å². The molecule has 0 amide bonds. The SMILES string of the molecule is Cc1cc(NCC(F)(F)C(F)F)ncc1N. The van der Waals surface area contributed by atoms with Crippen molar-refractivity contribution in [2.45, 2.75) is 19.3 Å². The number of halogens is 4. The summed E-state index contributed by atoms with van der Waals surface area (Å²) >= 11 is 0. The first-order chi connectivity index (χ1) is 7.33. The molecule has 0 fully saturated rings. The second-order valence-corrected chi connectivity index (χ2v) is 3.34. The highest BCUT2D eigenvalue weighted by atomic mass is 19.3. The molecule has 0 spiro atoms. The minimum absolute atomic E-state index is 0.0898. The van der Waals surface area contributed by atoms with Gasteiger partial charge in [-0.2, -0.15) is 8.78 Å². The number of nitrogens with zero attached hydrogens (tertiary/aromatic N) is 1. The quantitative estimate of drug-likeness (QED) is 0.790. The van der Waals surface area contributed by atoms with E-state index in [-0.39, 0.29) is 5.82 Å². The summed E-state index contributed by atoms with van der Waals surface area (Å²) in [5, 5.41) is 2.14. The summed E-state index contributed by atoms with van der Waals surface area (Å²) in [7, 11) is 0. The van der Waals surface area contributed by atoms with Crippen LogP contribution in [-0.2, 0) is 0 Å². The third-order valence-corrected chi connectivity index (χ3v) is 1.98. The summed E-state index contributed by atoms with van der Waals surface area (Å²) in [5.74, 6) is -3.98. The summed E-state index contributed by atoms with van der Waals surface area (Å²) in [4.78, 5) is 3.69. The molecule has 3 nitrogen and oxygen atoms in total. The van der Waals surface area contributed by atoms with Crippen LogP contribution in [0, 0.1) is 6.92 Å². The van der Waals surface area contributed by atoms with Crippen molar-refractivity contribution in [3.8, 4) is 0 Å². The highest BCUT2D eigenvalue weighted by molar-refractivity contribution is 5.50. The number of nitrogen functional groups attached to an aromatic ring is 1. The number of nitrogens with two attached hydrogens (primary N) is 1. The minimum Gasteiger partial charge on any atom is -0.397 e. The molecule has 0 aliphatic heterocycles. The number of rotatable bonds is 4. The van der Waals surface area contributed by atoms with Crippen LogP contribution >= 0.6 is 0 Å². The normalized spacial score (nSPS) is 11.9. The zero-order valence-corrected chi connectivity index (χ0v) is 8.48. The van der Waals surface area contributed by atoms with Crippen LogP contribution in [0.4, 0.5) is 29.1 Å². The maximum absolute atomic E-state index is 12.5. The molecule has 0 unspecified atom stereocenters. The van der Waals surface area contributed by atoms with Crippen LogP contribution in [0.25, 0.3) is 0 Å². The highest BCUT2D eigenvalue weighted by Gasteiger charge is 2.40. The lowest BCUT2D eigenvalue weighted by Crippen LogP contribution is -2.35. The minimum atomic E-state index is -4.07. The van der Waals surface area contributed by atoms with Gasteiger partial charge in [0.15, 0.2) is 0 Å². The molecule has 1 aromatic rings. The van der Waals surface area contributed by atoms with Crippen molar-refractivity contribution in [1.29, 1.82) is 0 Å². The van der Waals surface area contributed by atoms with Crippen molar-refractivity contribution < 1.29 is 17.6 Å². The van der Waals surface area contributed by atoms with Crippen LogP contribution in [-0.4, -0.2) is 23.9 Å². The lowest BCUT2D eigenvalue weighted by molar-refractivity contribution is -0.117. The van der Waals surface area contributed by atoms with E-state index in [1.807, 2.05) is 0 Å². The molecule has 16 heavy (non-hydrogen) atoms. The summed E-state index contributed by atoms with van der Waals surface area (Å²) in [6, 6.07) is 1.41. The van der Waals surface area contributed by atoms with Crippen LogP contribution in [0.15, 0.2) is 12.3 Å². The van der Waals surface area contributed by atoms with E-state index < -0.39 is 18.9 Å². The molecular formula is C9H11F4N3. The number of hydrogen-bond acceptors (Lipinski definition) is 3. The molecule has 0 aromatic carbocycles. The Bertz CT molecular complexity index is 368. The van der Waals surface area contributed by atoms with E-state index in [2.05, 4.69) is 10.3 Å². The Morgan fingerprint density at radius 2 is 2.12 bits per heavy atom. The fraction of sp³-hybridized carbons (Fsp3) is 0.444. The average molecular weight is 237 g/mol. The molecule has 1 heterocycles. The van der Waals surface area contributed by atoms with E-state index in [1.54, 1.807) is 6.92 Å². The predicted octanol–water partition coefficient (Wildman–Crippen LogP) is 2.28. The standard InChI is InChI=1S/C9H11F4N3/c1-5-2-7(15-3-6(5)14)16-4-9(12,13)8(10)11/h2-3,8H,4,14H2,1H3,(H,15,16). The maximum Gasteiger partial charge on any atom is 0.324 e. The number of hydrogen-bond donors (Lipinski definition) is 2. The summed E-state index contributed by atoms with van der Waals surface area (Å²) in [5.41, 5.74) is 6.51. The van der Waals surface area contributed by atoms with Gasteiger partial charge in [0.05, 0.1) is 18.4 Å². The van der Waals surface area contributed by atoms with Gasteiger partial charge in [0.2, 0.25) is 0 Å². The second kappa shape index (κ2) is 4.54. The van der Waals surface area contributed by atoms with Crippen LogP contribution < -0.4 is 11.1 Å². The van der Waals surface area contributed by atoms with Gasteiger partial charge in [0, 0.05) is 0 Å². The molecule has 1 aromatic heterocycles. The van der Waals surface area contributed by atoms with Crippen LogP contribution in [0.2, 0.25) is 0 Å². The number of aromatic nitrogens is 1. The molecule has 0 aliphatic rings. The zero-order chi connectivity index (χ0) is 12.3. The largest absolute Gasteiger partial charge is 0.397 e. The third-order valence-electron chi connectivity index (χ3n) is 1.98. The molecule has 0 saturated heterocycles. The van der Waals surface area contributed by atoms with E-state index >= 15 is 0 Å². The third kappa shape index (κ3) is 2.98. The average Bonchev–Trinajstić information content (AvgIpc) is 2.20. The number of pyridine rings is 1. The number of aryl methyl sites for hydroxylation is 1. The van der Waals surface area contributed by atoms with Crippen molar-refractivity contribution in [3.05, 3.63) is 17.8 Å². The Labute approximate surface area is 89.7 Å². The second-order valence-electron chi connectivity index (χ2n) is 3.34. The molecule has 90 valence electrons. The van der Waals surface area contributed by atoms with Gasteiger partial charge in [0.1, 0.15) is 5.82 Å². The van der Waals surface area contributed by atoms with Gasteiger partial charge in [0.25, 0.3) is 0 Å². The molecule has 0 bridgehead atoms. The molecule has 7 heteroatoms. The summed E-state index contributed by atoms with van der Waals surface area (Å²) in [6.07, 6.45) is -2.42. The molecule has 0 saturated carbocycles. The van der Waals surface area contributed by atoms with E-state index in [1.165, 1.54) is 12.3 Å². The first-order valence-corrected chi connectivity index (χ1v) is 4.45. The Hall–Kier alpha value is -1.53. The molecule has 0 radical (unpaired) electrons. The number of anilines is 2. The Morgan fingerprint density at radius 1 is 1.50 bits per heavy atom. The van der Waals surface area contributed by atoms with Crippen molar-refractivity contribution in [2.24, 2.45) is 0 Å². The van der Waals surface area contributed by atoms with Gasteiger partial charge in [-0.25, -0.2) is 13.8 Å². The van der Waals surface area contributed by atoms with E-state index in [0.29, 0.717) is 11.3 Å². The van der Waals surface area contributed by atoms with Gasteiger partial charge < -0.3 is 11.1 Å². The van der Waals surface area contributed by atoms with Crippen molar-refractivity contribution in [3.63, 3.8) is 0 Å². The van der Waals surface area contributed by atoms with Crippen molar-refractivity contribution >= 4 is 11.5 Å². The molecular weight excluding hydrogens is 226 g/mol. The van der Waals surface area contributed by atoms with Gasteiger partial charge in [-0.1, -0.05) is 0 Å². The maximum atomic E-state index is 12.5. The van der Waals surface area contributed by atoms with E-state index in [4.69, 9.17) is 5.73 Å². The van der Waals surface area contributed by atoms with Crippen molar-refractivity contribution in [1.82, 2.24) is 4.98 Å². The molecule has 0 atom stereocenters. The zero-order valence-electron chi connectivity index (χ0n) is 8.48. The highest BCUT2D eigenvalue weighted by Crippen LogP contribution is 2.23. The Morgan fingerprint density at radius 3 is 2.62 bits per heavy atom. The lowest BCUT2D eigenvalue weighted by atomic mass is 10.2. The van der Waals surface area contributed by atoms with Gasteiger partial charge >= 0.3 is 12.3 Å². The van der Waals surface area contributed by atoms with Gasteiger partial charge in [-0.05, 0) is 18.6 Å². The van der Waals surface area contributed by atoms with Gasteiger partial charge in [-0.15, -0.1) is 0 Å². The fourth-order valence-electron chi connectivity index (χ4n) is 0.949. The lowest BCUT2D eigenvalue weighted by Gasteiger charge is -2.16.